The third-order valence-corrected chi connectivity index (χ3v) is 2.54. The standard InChI is InChI=1S/C11H14BN/c1-8(2)13-7-6-9-10(12)4-3-5-11(9)13/h3-8H,12H2,1-2H3. The van der Waals surface area contributed by atoms with Crippen molar-refractivity contribution in [2.45, 2.75) is 19.9 Å². The highest BCUT2D eigenvalue weighted by molar-refractivity contribution is 6.38. The summed E-state index contributed by atoms with van der Waals surface area (Å²) in [5, 5.41) is 1.37. The molecular weight excluding hydrogens is 157 g/mol. The average Bonchev–Trinajstić information content (AvgIpc) is 2.48. The third kappa shape index (κ3) is 1.26. The maximum atomic E-state index is 2.31. The predicted octanol–water partition coefficient (Wildman–Crippen LogP) is 1.48. The maximum absolute atomic E-state index is 2.31. The molecule has 0 atom stereocenters. The first kappa shape index (κ1) is 8.42. The molecule has 0 spiro atoms. The third-order valence-electron chi connectivity index (χ3n) is 2.54. The van der Waals surface area contributed by atoms with Crippen LogP contribution in [0.15, 0.2) is 30.5 Å². The number of rotatable bonds is 1. The van der Waals surface area contributed by atoms with Gasteiger partial charge in [0.25, 0.3) is 0 Å². The van der Waals surface area contributed by atoms with Crippen molar-refractivity contribution in [3.63, 3.8) is 0 Å². The summed E-state index contributed by atoms with van der Waals surface area (Å²) >= 11 is 0. The number of benzene rings is 1. The lowest BCUT2D eigenvalue weighted by Gasteiger charge is -2.09. The summed E-state index contributed by atoms with van der Waals surface area (Å²) in [7, 11) is 2.16. The first-order chi connectivity index (χ1) is 6.20. The lowest BCUT2D eigenvalue weighted by molar-refractivity contribution is 0.623. The van der Waals surface area contributed by atoms with Gasteiger partial charge in [0.2, 0.25) is 0 Å². The highest BCUT2D eigenvalue weighted by atomic mass is 15.0. The van der Waals surface area contributed by atoms with Crippen molar-refractivity contribution in [3.8, 4) is 0 Å². The van der Waals surface area contributed by atoms with Gasteiger partial charge in [0.15, 0.2) is 0 Å². The van der Waals surface area contributed by atoms with Crippen LogP contribution >= 0.6 is 0 Å². The zero-order valence-corrected chi connectivity index (χ0v) is 8.41. The van der Waals surface area contributed by atoms with Crippen LogP contribution < -0.4 is 5.46 Å². The zero-order valence-electron chi connectivity index (χ0n) is 8.41. The van der Waals surface area contributed by atoms with E-state index in [0.29, 0.717) is 6.04 Å². The Labute approximate surface area is 79.8 Å². The predicted molar refractivity (Wildman–Crippen MR) is 60.5 cm³/mol. The van der Waals surface area contributed by atoms with Crippen molar-refractivity contribution < 1.29 is 0 Å². The fourth-order valence-electron chi connectivity index (χ4n) is 1.79. The summed E-state index contributed by atoms with van der Waals surface area (Å²) in [5.74, 6) is 0. The van der Waals surface area contributed by atoms with Crippen molar-refractivity contribution in [1.82, 2.24) is 4.57 Å². The maximum Gasteiger partial charge on any atom is 0.140 e. The molecule has 0 saturated carbocycles. The van der Waals surface area contributed by atoms with Crippen LogP contribution in [0.1, 0.15) is 19.9 Å². The van der Waals surface area contributed by atoms with Crippen molar-refractivity contribution in [1.29, 1.82) is 0 Å². The van der Waals surface area contributed by atoms with E-state index in [-0.39, 0.29) is 0 Å². The molecule has 1 aromatic carbocycles. The van der Waals surface area contributed by atoms with E-state index in [9.17, 15) is 0 Å². The van der Waals surface area contributed by atoms with Crippen LogP contribution in [-0.2, 0) is 0 Å². The van der Waals surface area contributed by atoms with Crippen LogP contribution in [0.25, 0.3) is 10.9 Å². The quantitative estimate of drug-likeness (QED) is 0.572. The molecule has 2 aromatic rings. The molecule has 66 valence electrons. The van der Waals surface area contributed by atoms with Crippen LogP contribution in [-0.4, -0.2) is 12.4 Å². The van der Waals surface area contributed by atoms with Crippen molar-refractivity contribution >= 4 is 24.2 Å². The van der Waals surface area contributed by atoms with E-state index >= 15 is 0 Å². The molecule has 0 aliphatic rings. The minimum atomic E-state index is 0.541. The van der Waals surface area contributed by atoms with E-state index in [0.717, 1.165) is 0 Å². The van der Waals surface area contributed by atoms with Crippen molar-refractivity contribution in [2.24, 2.45) is 0 Å². The van der Waals surface area contributed by atoms with Gasteiger partial charge in [-0.25, -0.2) is 0 Å². The first-order valence-electron chi connectivity index (χ1n) is 4.76. The number of hydrogen-bond acceptors (Lipinski definition) is 0. The molecule has 0 saturated heterocycles. The number of aromatic nitrogens is 1. The van der Waals surface area contributed by atoms with Crippen LogP contribution in [0.4, 0.5) is 0 Å². The summed E-state index contributed by atoms with van der Waals surface area (Å²) in [5.41, 5.74) is 2.70. The molecule has 0 fully saturated rings. The van der Waals surface area contributed by atoms with Crippen LogP contribution in [0, 0.1) is 0 Å². The largest absolute Gasteiger partial charge is 0.345 e. The Kier molecular flexibility index (Phi) is 1.91. The SMILES string of the molecule is Bc1cccc2c1ccn2C(C)C. The van der Waals surface area contributed by atoms with E-state index in [2.05, 4.69) is 56.7 Å². The number of hydrogen-bond donors (Lipinski definition) is 0. The summed E-state index contributed by atoms with van der Waals surface area (Å²) in [4.78, 5) is 0. The van der Waals surface area contributed by atoms with Gasteiger partial charge in [0.05, 0.1) is 0 Å². The molecule has 1 nitrogen and oxygen atoms in total. The smallest absolute Gasteiger partial charge is 0.140 e. The molecular formula is C11H14BN. The Morgan fingerprint density at radius 3 is 2.69 bits per heavy atom. The summed E-state index contributed by atoms with van der Waals surface area (Å²) in [6.45, 7) is 4.42. The van der Waals surface area contributed by atoms with E-state index in [4.69, 9.17) is 0 Å². The normalized spacial score (nSPS) is 11.3. The Hall–Kier alpha value is -1.18. The van der Waals surface area contributed by atoms with Gasteiger partial charge >= 0.3 is 0 Å². The second-order valence-corrected chi connectivity index (χ2v) is 3.82. The molecule has 1 aromatic heterocycles. The fraction of sp³-hybridized carbons (Fsp3) is 0.273. The summed E-state index contributed by atoms with van der Waals surface area (Å²) in [6.07, 6.45) is 2.17. The van der Waals surface area contributed by atoms with Crippen LogP contribution in [0.3, 0.4) is 0 Å². The van der Waals surface area contributed by atoms with Crippen LogP contribution in [0.2, 0.25) is 0 Å². The minimum Gasteiger partial charge on any atom is -0.345 e. The lowest BCUT2D eigenvalue weighted by atomic mass is 9.93. The number of fused-ring (bicyclic) bond motifs is 1. The molecule has 0 unspecified atom stereocenters. The van der Waals surface area contributed by atoms with Crippen molar-refractivity contribution in [2.75, 3.05) is 0 Å². The summed E-state index contributed by atoms with van der Waals surface area (Å²) in [6, 6.07) is 9.20. The molecule has 2 heteroatoms. The fourth-order valence-corrected chi connectivity index (χ4v) is 1.79. The highest BCUT2D eigenvalue weighted by Gasteiger charge is 2.04. The molecule has 0 bridgehead atoms. The topological polar surface area (TPSA) is 4.93 Å². The monoisotopic (exact) mass is 171 g/mol. The van der Waals surface area contributed by atoms with Gasteiger partial charge in [0, 0.05) is 17.8 Å². The first-order valence-corrected chi connectivity index (χ1v) is 4.76. The van der Waals surface area contributed by atoms with Gasteiger partial charge in [-0.05, 0) is 31.4 Å². The summed E-state index contributed by atoms with van der Waals surface area (Å²) < 4.78 is 2.31. The molecule has 0 radical (unpaired) electrons. The molecule has 1 heterocycles. The van der Waals surface area contributed by atoms with Gasteiger partial charge in [-0.3, -0.25) is 0 Å². The highest BCUT2D eigenvalue weighted by Crippen LogP contribution is 2.17. The molecule has 13 heavy (non-hydrogen) atoms. The van der Waals surface area contributed by atoms with Gasteiger partial charge in [-0.15, -0.1) is 0 Å². The molecule has 0 amide bonds. The molecule has 0 aliphatic heterocycles. The van der Waals surface area contributed by atoms with Crippen LogP contribution in [0.5, 0.6) is 0 Å². The molecule has 0 N–H and O–H groups in total. The Bertz CT molecular complexity index is 429. The number of nitrogens with zero attached hydrogens (tertiary/aromatic N) is 1. The second-order valence-electron chi connectivity index (χ2n) is 3.82. The molecule has 0 aliphatic carbocycles. The van der Waals surface area contributed by atoms with Gasteiger partial charge in [0.1, 0.15) is 7.85 Å². The Morgan fingerprint density at radius 2 is 2.00 bits per heavy atom. The van der Waals surface area contributed by atoms with Gasteiger partial charge < -0.3 is 4.57 Å². The Balaban J connectivity index is 2.75. The van der Waals surface area contributed by atoms with E-state index in [1.807, 2.05) is 0 Å². The second kappa shape index (κ2) is 2.95. The van der Waals surface area contributed by atoms with Gasteiger partial charge in [-0.2, -0.15) is 0 Å². The van der Waals surface area contributed by atoms with Gasteiger partial charge in [-0.1, -0.05) is 17.6 Å². The van der Waals surface area contributed by atoms with E-state index in [1.165, 1.54) is 16.4 Å². The van der Waals surface area contributed by atoms with Crippen molar-refractivity contribution in [3.05, 3.63) is 30.5 Å². The minimum absolute atomic E-state index is 0.541. The van der Waals surface area contributed by atoms with E-state index < -0.39 is 0 Å². The average molecular weight is 171 g/mol. The molecule has 2 rings (SSSR count). The zero-order chi connectivity index (χ0) is 9.42. The Morgan fingerprint density at radius 1 is 1.23 bits per heavy atom. The van der Waals surface area contributed by atoms with E-state index in [1.54, 1.807) is 0 Å². The lowest BCUT2D eigenvalue weighted by Crippen LogP contribution is -2.03.